The molecule has 0 heterocycles. The van der Waals surface area contributed by atoms with Crippen LogP contribution in [0.25, 0.3) is 0 Å². The number of aldehydes is 1. The summed E-state index contributed by atoms with van der Waals surface area (Å²) in [5.74, 6) is -3.38. The van der Waals surface area contributed by atoms with Crippen molar-refractivity contribution in [2.45, 2.75) is 25.7 Å². The van der Waals surface area contributed by atoms with Gasteiger partial charge in [-0.25, -0.2) is 0 Å². The van der Waals surface area contributed by atoms with Gasteiger partial charge in [0.1, 0.15) is 5.75 Å². The molecular formula is C12H14F2O2. The number of para-hydroxylation sites is 1. The number of carbonyl (C=O) groups is 1. The molecule has 0 saturated carbocycles. The Bertz CT molecular complexity index is 375. The number of methoxy groups -OCH3 is 1. The van der Waals surface area contributed by atoms with Crippen LogP contribution in [0.4, 0.5) is 8.78 Å². The predicted octanol–water partition coefficient (Wildman–Crippen LogP) is 2.94. The van der Waals surface area contributed by atoms with Crippen LogP contribution in [0.3, 0.4) is 0 Å². The summed E-state index contributed by atoms with van der Waals surface area (Å²) in [6, 6.07) is 4.46. The first kappa shape index (κ1) is 12.6. The van der Waals surface area contributed by atoms with Crippen molar-refractivity contribution in [3.8, 4) is 5.75 Å². The molecule has 0 bridgehead atoms. The average Bonchev–Trinajstić information content (AvgIpc) is 2.29. The number of ether oxygens (including phenoxy) is 1. The highest BCUT2D eigenvalue weighted by Crippen LogP contribution is 2.36. The first-order valence-electron chi connectivity index (χ1n) is 5.07. The lowest BCUT2D eigenvalue weighted by Gasteiger charge is -2.16. The standard InChI is InChI=1S/C12H14F2O2/c1-3-5-9-6-4-7-10(11(9)16-2)12(13,14)8-15/h4,6-8H,3,5H2,1-2H3. The van der Waals surface area contributed by atoms with E-state index in [2.05, 4.69) is 0 Å². The van der Waals surface area contributed by atoms with Crippen LogP contribution in [-0.4, -0.2) is 13.4 Å². The molecule has 0 radical (unpaired) electrons. The highest BCUT2D eigenvalue weighted by molar-refractivity contribution is 5.66. The zero-order valence-corrected chi connectivity index (χ0v) is 9.30. The summed E-state index contributed by atoms with van der Waals surface area (Å²) < 4.78 is 31.6. The largest absolute Gasteiger partial charge is 0.496 e. The molecule has 1 aromatic rings. The molecule has 0 amide bonds. The van der Waals surface area contributed by atoms with Crippen LogP contribution >= 0.6 is 0 Å². The molecule has 4 heteroatoms. The molecule has 1 aromatic carbocycles. The van der Waals surface area contributed by atoms with E-state index in [4.69, 9.17) is 4.74 Å². The summed E-state index contributed by atoms with van der Waals surface area (Å²) >= 11 is 0. The molecule has 0 aliphatic heterocycles. The summed E-state index contributed by atoms with van der Waals surface area (Å²) in [7, 11) is 1.33. The van der Waals surface area contributed by atoms with E-state index in [1.54, 1.807) is 6.07 Å². The van der Waals surface area contributed by atoms with Gasteiger partial charge in [0, 0.05) is 0 Å². The lowest BCUT2D eigenvalue weighted by Crippen LogP contribution is -2.16. The molecule has 0 spiro atoms. The molecule has 0 aromatic heterocycles. The molecule has 0 fully saturated rings. The molecule has 0 N–H and O–H groups in total. The Morgan fingerprint density at radius 3 is 2.62 bits per heavy atom. The van der Waals surface area contributed by atoms with E-state index in [1.165, 1.54) is 19.2 Å². The van der Waals surface area contributed by atoms with Gasteiger partial charge in [0.05, 0.1) is 12.7 Å². The fourth-order valence-electron chi connectivity index (χ4n) is 1.62. The number of hydrogen-bond acceptors (Lipinski definition) is 2. The Morgan fingerprint density at radius 1 is 1.44 bits per heavy atom. The van der Waals surface area contributed by atoms with Crippen LogP contribution in [0.5, 0.6) is 5.75 Å². The lowest BCUT2D eigenvalue weighted by molar-refractivity contribution is -0.130. The van der Waals surface area contributed by atoms with Crippen molar-refractivity contribution >= 4 is 6.29 Å². The number of carbonyl (C=O) groups excluding carboxylic acids is 1. The zero-order valence-electron chi connectivity index (χ0n) is 9.30. The number of rotatable bonds is 5. The smallest absolute Gasteiger partial charge is 0.331 e. The van der Waals surface area contributed by atoms with E-state index in [0.717, 1.165) is 6.42 Å². The first-order valence-corrected chi connectivity index (χ1v) is 5.07. The monoisotopic (exact) mass is 228 g/mol. The quantitative estimate of drug-likeness (QED) is 0.724. The second-order valence-electron chi connectivity index (χ2n) is 3.49. The van der Waals surface area contributed by atoms with Gasteiger partial charge in [-0.05, 0) is 18.1 Å². The van der Waals surface area contributed by atoms with Gasteiger partial charge >= 0.3 is 5.92 Å². The highest BCUT2D eigenvalue weighted by atomic mass is 19.3. The summed E-state index contributed by atoms with van der Waals surface area (Å²) in [5, 5.41) is 0. The third-order valence-corrected chi connectivity index (χ3v) is 2.33. The van der Waals surface area contributed by atoms with Gasteiger partial charge in [0.15, 0.2) is 6.29 Å². The maximum atomic E-state index is 13.3. The third-order valence-electron chi connectivity index (χ3n) is 2.33. The lowest BCUT2D eigenvalue weighted by atomic mass is 10.0. The Kier molecular flexibility index (Phi) is 3.99. The van der Waals surface area contributed by atoms with E-state index in [0.29, 0.717) is 12.0 Å². The molecular weight excluding hydrogens is 214 g/mol. The topological polar surface area (TPSA) is 26.3 Å². The van der Waals surface area contributed by atoms with Crippen molar-refractivity contribution in [1.29, 1.82) is 0 Å². The summed E-state index contributed by atoms with van der Waals surface area (Å²) in [6.45, 7) is 1.95. The molecule has 0 unspecified atom stereocenters. The van der Waals surface area contributed by atoms with Gasteiger partial charge in [-0.15, -0.1) is 0 Å². The number of halogens is 2. The van der Waals surface area contributed by atoms with Gasteiger partial charge in [-0.1, -0.05) is 25.5 Å². The fraction of sp³-hybridized carbons (Fsp3) is 0.417. The van der Waals surface area contributed by atoms with Gasteiger partial charge in [-0.2, -0.15) is 8.78 Å². The van der Waals surface area contributed by atoms with Crippen molar-refractivity contribution in [2.24, 2.45) is 0 Å². The molecule has 0 aliphatic rings. The van der Waals surface area contributed by atoms with Gasteiger partial charge in [0.25, 0.3) is 0 Å². The van der Waals surface area contributed by atoms with Crippen LogP contribution in [0, 0.1) is 0 Å². The number of hydrogen-bond donors (Lipinski definition) is 0. The zero-order chi connectivity index (χ0) is 12.2. The van der Waals surface area contributed by atoms with Crippen LogP contribution in [0.2, 0.25) is 0 Å². The van der Waals surface area contributed by atoms with Crippen molar-refractivity contribution in [1.82, 2.24) is 0 Å². The third kappa shape index (κ3) is 2.38. The minimum absolute atomic E-state index is 0.112. The molecule has 0 saturated heterocycles. The van der Waals surface area contributed by atoms with E-state index in [1.807, 2.05) is 6.92 Å². The minimum Gasteiger partial charge on any atom is -0.496 e. The van der Waals surface area contributed by atoms with Gasteiger partial charge in [-0.3, -0.25) is 4.79 Å². The normalized spacial score (nSPS) is 11.2. The van der Waals surface area contributed by atoms with Crippen molar-refractivity contribution < 1.29 is 18.3 Å². The molecule has 1 rings (SSSR count). The minimum atomic E-state index is -3.49. The van der Waals surface area contributed by atoms with Crippen LogP contribution in [0.1, 0.15) is 24.5 Å². The molecule has 88 valence electrons. The second kappa shape index (κ2) is 5.05. The Balaban J connectivity index is 3.28. The van der Waals surface area contributed by atoms with Crippen LogP contribution in [0.15, 0.2) is 18.2 Å². The second-order valence-corrected chi connectivity index (χ2v) is 3.49. The average molecular weight is 228 g/mol. The number of alkyl halides is 2. The van der Waals surface area contributed by atoms with E-state index in [9.17, 15) is 13.6 Å². The Hall–Kier alpha value is -1.45. The van der Waals surface area contributed by atoms with E-state index >= 15 is 0 Å². The van der Waals surface area contributed by atoms with Gasteiger partial charge < -0.3 is 4.74 Å². The Labute approximate surface area is 93.2 Å². The van der Waals surface area contributed by atoms with E-state index in [-0.39, 0.29) is 17.6 Å². The van der Waals surface area contributed by atoms with Crippen molar-refractivity contribution in [3.63, 3.8) is 0 Å². The maximum absolute atomic E-state index is 13.3. The first-order chi connectivity index (χ1) is 7.56. The SMILES string of the molecule is CCCc1cccc(C(F)(F)C=O)c1OC. The molecule has 0 atom stereocenters. The highest BCUT2D eigenvalue weighted by Gasteiger charge is 2.34. The molecule has 2 nitrogen and oxygen atoms in total. The summed E-state index contributed by atoms with van der Waals surface area (Å²) in [6.07, 6.45) is 1.11. The predicted molar refractivity (Wildman–Crippen MR) is 56.9 cm³/mol. The van der Waals surface area contributed by atoms with Crippen molar-refractivity contribution in [2.75, 3.05) is 7.11 Å². The summed E-state index contributed by atoms with van der Waals surface area (Å²) in [5.41, 5.74) is 0.333. The molecule has 0 aliphatic carbocycles. The van der Waals surface area contributed by atoms with Crippen LogP contribution in [-0.2, 0) is 17.1 Å². The molecule has 16 heavy (non-hydrogen) atoms. The number of benzene rings is 1. The maximum Gasteiger partial charge on any atom is 0.331 e. The summed E-state index contributed by atoms with van der Waals surface area (Å²) in [4.78, 5) is 10.4. The Morgan fingerprint density at radius 2 is 2.12 bits per heavy atom. The van der Waals surface area contributed by atoms with Crippen LogP contribution < -0.4 is 4.74 Å². The van der Waals surface area contributed by atoms with Gasteiger partial charge in [0.2, 0.25) is 0 Å². The van der Waals surface area contributed by atoms with Crippen molar-refractivity contribution in [3.05, 3.63) is 29.3 Å². The number of aryl methyl sites for hydroxylation is 1. The fourth-order valence-corrected chi connectivity index (χ4v) is 1.62. The van der Waals surface area contributed by atoms with E-state index < -0.39 is 5.92 Å².